The average molecular weight is 295 g/mol. The third-order valence-electron chi connectivity index (χ3n) is 2.77. The third kappa shape index (κ3) is 8.03. The van der Waals surface area contributed by atoms with Gasteiger partial charge in [0, 0.05) is 18.8 Å². The summed E-state index contributed by atoms with van der Waals surface area (Å²) in [6.07, 6.45) is 1.84. The van der Waals surface area contributed by atoms with Crippen molar-refractivity contribution in [2.75, 3.05) is 18.8 Å². The number of thiocarbonyl (C=S) groups is 1. The van der Waals surface area contributed by atoms with E-state index in [9.17, 15) is 8.78 Å². The van der Waals surface area contributed by atoms with E-state index in [0.717, 1.165) is 42.4 Å². The molecule has 0 spiro atoms. The van der Waals surface area contributed by atoms with Gasteiger partial charge >= 0.3 is 0 Å². The molecule has 0 bridgehead atoms. The van der Waals surface area contributed by atoms with Gasteiger partial charge in [-0.3, -0.25) is 0 Å². The highest BCUT2D eigenvalue weighted by Gasteiger charge is 2.05. The molecule has 0 amide bonds. The molecule has 5 heteroatoms. The van der Waals surface area contributed by atoms with Crippen LogP contribution in [0.4, 0.5) is 8.78 Å². The summed E-state index contributed by atoms with van der Waals surface area (Å²) in [5.74, 6) is 0.982. The Morgan fingerprint density at radius 3 is 2.22 bits per heavy atom. The third-order valence-corrected chi connectivity index (χ3v) is 4.38. The number of halogens is 2. The summed E-state index contributed by atoms with van der Waals surface area (Å²) >= 11 is 7.01. The summed E-state index contributed by atoms with van der Waals surface area (Å²) in [6.45, 7) is 7.58. The number of thioether (sulfide) groups is 1. The Labute approximate surface area is 119 Å². The highest BCUT2D eigenvalue weighted by Crippen LogP contribution is 2.17. The van der Waals surface area contributed by atoms with Gasteiger partial charge in [0.2, 0.25) is 0 Å². The minimum Gasteiger partial charge on any atom is -0.358 e. The van der Waals surface area contributed by atoms with Gasteiger partial charge in [-0.2, -0.15) is 8.78 Å². The molecule has 0 radical (unpaired) electrons. The van der Waals surface area contributed by atoms with E-state index < -0.39 is 6.08 Å². The molecule has 0 fully saturated rings. The first-order chi connectivity index (χ1) is 8.52. The smallest absolute Gasteiger partial charge is 0.269 e. The average Bonchev–Trinajstić information content (AvgIpc) is 2.34. The Morgan fingerprint density at radius 1 is 1.11 bits per heavy atom. The minimum absolute atomic E-state index is 0.223. The Morgan fingerprint density at radius 2 is 1.72 bits per heavy atom. The minimum atomic E-state index is -1.52. The van der Waals surface area contributed by atoms with E-state index in [1.165, 1.54) is 6.92 Å². The molecule has 0 atom stereocenters. The molecule has 0 rings (SSSR count). The molecule has 0 heterocycles. The molecule has 18 heavy (non-hydrogen) atoms. The van der Waals surface area contributed by atoms with Gasteiger partial charge in [-0.25, -0.2) is 0 Å². The first kappa shape index (κ1) is 17.8. The van der Waals surface area contributed by atoms with Crippen molar-refractivity contribution in [3.05, 3.63) is 11.7 Å². The molecule has 0 saturated heterocycles. The molecule has 0 aromatic rings. The molecule has 0 aliphatic heterocycles. The number of unbranched alkanes of at least 4 members (excludes halogenated alkanes) is 2. The van der Waals surface area contributed by atoms with Crippen LogP contribution < -0.4 is 0 Å². The standard InChI is InChI=1S/C13H23F2NS2/c1-4-16(5-2)13(17)18-10-8-6-7-9-11(3)12(14)15/h4-10H2,1-3H3. The summed E-state index contributed by atoms with van der Waals surface area (Å²) in [5.41, 5.74) is 0.223. The monoisotopic (exact) mass is 295 g/mol. The molecule has 0 aliphatic rings. The van der Waals surface area contributed by atoms with Gasteiger partial charge in [-0.1, -0.05) is 30.4 Å². The quantitative estimate of drug-likeness (QED) is 0.454. The van der Waals surface area contributed by atoms with Gasteiger partial charge in [0.05, 0.1) is 0 Å². The van der Waals surface area contributed by atoms with Gasteiger partial charge in [0.15, 0.2) is 0 Å². The van der Waals surface area contributed by atoms with Crippen molar-refractivity contribution in [3.8, 4) is 0 Å². The maximum absolute atomic E-state index is 12.1. The highest BCUT2D eigenvalue weighted by molar-refractivity contribution is 8.22. The lowest BCUT2D eigenvalue weighted by molar-refractivity contribution is 0.406. The van der Waals surface area contributed by atoms with Gasteiger partial charge in [0.1, 0.15) is 4.32 Å². The normalized spacial score (nSPS) is 10.3. The first-order valence-corrected chi connectivity index (χ1v) is 7.84. The fourth-order valence-corrected chi connectivity index (χ4v) is 2.97. The summed E-state index contributed by atoms with van der Waals surface area (Å²) in [6, 6.07) is 0. The Kier molecular flexibility index (Phi) is 10.6. The van der Waals surface area contributed by atoms with Crippen LogP contribution in [-0.4, -0.2) is 28.1 Å². The van der Waals surface area contributed by atoms with E-state index in [-0.39, 0.29) is 5.57 Å². The van der Waals surface area contributed by atoms with E-state index in [2.05, 4.69) is 18.7 Å². The van der Waals surface area contributed by atoms with Crippen molar-refractivity contribution in [2.45, 2.75) is 46.5 Å². The molecule has 0 aromatic carbocycles. The lowest BCUT2D eigenvalue weighted by Gasteiger charge is -2.20. The van der Waals surface area contributed by atoms with Crippen LogP contribution >= 0.6 is 24.0 Å². The van der Waals surface area contributed by atoms with Gasteiger partial charge < -0.3 is 4.90 Å². The number of hydrogen-bond donors (Lipinski definition) is 0. The van der Waals surface area contributed by atoms with Gasteiger partial charge in [-0.15, -0.1) is 0 Å². The predicted molar refractivity (Wildman–Crippen MR) is 81.4 cm³/mol. The topological polar surface area (TPSA) is 3.24 Å². The van der Waals surface area contributed by atoms with Crippen LogP contribution in [0, 0.1) is 0 Å². The second-order valence-corrected chi connectivity index (χ2v) is 5.87. The van der Waals surface area contributed by atoms with E-state index in [1.807, 2.05) is 0 Å². The number of allylic oxidation sites excluding steroid dienone is 1. The van der Waals surface area contributed by atoms with Crippen LogP contribution in [0.3, 0.4) is 0 Å². The SMILES string of the molecule is CCN(CC)C(=S)SCCCCCC(C)=C(F)F. The van der Waals surface area contributed by atoms with Gasteiger partial charge in [0.25, 0.3) is 6.08 Å². The molecule has 106 valence electrons. The van der Waals surface area contributed by atoms with Crippen LogP contribution in [0.5, 0.6) is 0 Å². The molecule has 0 aliphatic carbocycles. The second kappa shape index (κ2) is 10.7. The van der Waals surface area contributed by atoms with Crippen molar-refractivity contribution in [2.24, 2.45) is 0 Å². The second-order valence-electron chi connectivity index (χ2n) is 4.14. The van der Waals surface area contributed by atoms with Crippen molar-refractivity contribution in [1.29, 1.82) is 0 Å². The van der Waals surface area contributed by atoms with Crippen molar-refractivity contribution < 1.29 is 8.78 Å². The lowest BCUT2D eigenvalue weighted by Crippen LogP contribution is -2.26. The van der Waals surface area contributed by atoms with Crippen molar-refractivity contribution >= 4 is 28.3 Å². The summed E-state index contributed by atoms with van der Waals surface area (Å²) in [5, 5.41) is 0. The van der Waals surface area contributed by atoms with E-state index in [0.29, 0.717) is 6.42 Å². The fraction of sp³-hybridized carbons (Fsp3) is 0.769. The van der Waals surface area contributed by atoms with Crippen LogP contribution in [0.15, 0.2) is 11.7 Å². The van der Waals surface area contributed by atoms with Crippen LogP contribution in [0.2, 0.25) is 0 Å². The van der Waals surface area contributed by atoms with Crippen molar-refractivity contribution in [3.63, 3.8) is 0 Å². The molecule has 0 saturated carbocycles. The van der Waals surface area contributed by atoms with Crippen LogP contribution in [0.1, 0.15) is 46.5 Å². The van der Waals surface area contributed by atoms with Crippen LogP contribution in [0.25, 0.3) is 0 Å². The maximum atomic E-state index is 12.1. The molecule has 0 unspecified atom stereocenters. The van der Waals surface area contributed by atoms with E-state index in [1.54, 1.807) is 11.8 Å². The molecule has 0 N–H and O–H groups in total. The zero-order valence-corrected chi connectivity index (χ0v) is 13.1. The first-order valence-electron chi connectivity index (χ1n) is 6.45. The number of rotatable bonds is 8. The van der Waals surface area contributed by atoms with Crippen LogP contribution in [-0.2, 0) is 0 Å². The zero-order chi connectivity index (χ0) is 14.0. The molecular weight excluding hydrogens is 272 g/mol. The highest BCUT2D eigenvalue weighted by atomic mass is 32.2. The number of nitrogens with zero attached hydrogens (tertiary/aromatic N) is 1. The summed E-state index contributed by atoms with van der Waals surface area (Å²) in [4.78, 5) is 2.16. The van der Waals surface area contributed by atoms with E-state index >= 15 is 0 Å². The number of hydrogen-bond acceptors (Lipinski definition) is 2. The zero-order valence-electron chi connectivity index (χ0n) is 11.5. The van der Waals surface area contributed by atoms with Crippen molar-refractivity contribution in [1.82, 2.24) is 4.90 Å². The van der Waals surface area contributed by atoms with E-state index in [4.69, 9.17) is 12.2 Å². The van der Waals surface area contributed by atoms with Gasteiger partial charge in [-0.05, 0) is 45.6 Å². The molecule has 0 aromatic heterocycles. The molecular formula is C13H23F2NS2. The Bertz CT molecular complexity index is 272. The largest absolute Gasteiger partial charge is 0.358 e. The maximum Gasteiger partial charge on any atom is 0.269 e. The lowest BCUT2D eigenvalue weighted by atomic mass is 10.1. The Hall–Kier alpha value is -0.160. The summed E-state index contributed by atoms with van der Waals surface area (Å²) in [7, 11) is 0. The molecule has 1 nitrogen and oxygen atoms in total. The Balaban J connectivity index is 3.57. The fourth-order valence-electron chi connectivity index (χ4n) is 1.50. The predicted octanol–water partition coefficient (Wildman–Crippen LogP) is 5.08. The summed E-state index contributed by atoms with van der Waals surface area (Å²) < 4.78 is 25.2.